The molecule has 0 fully saturated rings. The van der Waals surface area contributed by atoms with Crippen LogP contribution in [-0.2, 0) is 0 Å². The molecule has 0 aliphatic rings. The molecule has 5 heteroatoms. The molecule has 0 radical (unpaired) electrons. The second-order valence-corrected chi connectivity index (χ2v) is 4.30. The number of nitrogens with zero attached hydrogens (tertiary/aromatic N) is 3. The zero-order chi connectivity index (χ0) is 10.7. The Labute approximate surface area is 93.1 Å². The molecule has 2 heterocycles. The van der Waals surface area contributed by atoms with Crippen LogP contribution in [0.2, 0.25) is 0 Å². The van der Waals surface area contributed by atoms with Crippen LogP contribution in [0.15, 0.2) is 18.3 Å². The molecule has 1 N–H and O–H groups in total. The number of aryl methyl sites for hydroxylation is 1. The monoisotopic (exact) mass is 222 g/mol. The van der Waals surface area contributed by atoms with Gasteiger partial charge in [0.25, 0.3) is 0 Å². The van der Waals surface area contributed by atoms with Gasteiger partial charge in [0.2, 0.25) is 5.95 Å². The van der Waals surface area contributed by atoms with Gasteiger partial charge in [0, 0.05) is 18.5 Å². The summed E-state index contributed by atoms with van der Waals surface area (Å²) >= 11 is 1.81. The molecule has 80 valence electrons. The highest BCUT2D eigenvalue weighted by atomic mass is 32.2. The fraction of sp³-hybridized carbons (Fsp3) is 0.400. The van der Waals surface area contributed by atoms with E-state index in [0.29, 0.717) is 5.95 Å². The topological polar surface area (TPSA) is 42.2 Å². The number of thioether (sulfide) groups is 1. The normalized spacial score (nSPS) is 10.8. The number of fused-ring (bicyclic) bond motifs is 1. The van der Waals surface area contributed by atoms with Crippen LogP contribution in [0.3, 0.4) is 0 Å². The van der Waals surface area contributed by atoms with Gasteiger partial charge in [-0.15, -0.1) is 5.10 Å². The molecule has 2 rings (SSSR count). The third-order valence-electron chi connectivity index (χ3n) is 2.15. The van der Waals surface area contributed by atoms with Crippen molar-refractivity contribution in [2.24, 2.45) is 0 Å². The van der Waals surface area contributed by atoms with Crippen molar-refractivity contribution in [3.8, 4) is 0 Å². The summed E-state index contributed by atoms with van der Waals surface area (Å²) in [5.41, 5.74) is 2.06. The first-order valence-electron chi connectivity index (χ1n) is 4.86. The zero-order valence-electron chi connectivity index (χ0n) is 8.90. The van der Waals surface area contributed by atoms with E-state index in [1.807, 2.05) is 25.3 Å². The predicted octanol–water partition coefficient (Wildman–Crippen LogP) is 1.81. The molecule has 0 spiro atoms. The van der Waals surface area contributed by atoms with Crippen molar-refractivity contribution in [1.82, 2.24) is 14.6 Å². The maximum absolute atomic E-state index is 4.42. The first kappa shape index (κ1) is 10.3. The summed E-state index contributed by atoms with van der Waals surface area (Å²) in [6, 6.07) is 4.01. The van der Waals surface area contributed by atoms with Crippen LogP contribution in [-0.4, -0.2) is 33.2 Å². The van der Waals surface area contributed by atoms with Crippen molar-refractivity contribution in [3.63, 3.8) is 0 Å². The summed E-state index contributed by atoms with van der Waals surface area (Å²) in [7, 11) is 0. The lowest BCUT2D eigenvalue weighted by molar-refractivity contribution is 0.951. The molecule has 2 aromatic rings. The average molecular weight is 222 g/mol. The van der Waals surface area contributed by atoms with Crippen LogP contribution >= 0.6 is 11.8 Å². The van der Waals surface area contributed by atoms with E-state index in [9.17, 15) is 0 Å². The molecule has 0 amide bonds. The Balaban J connectivity index is 2.20. The predicted molar refractivity (Wildman–Crippen MR) is 64.6 cm³/mol. The number of nitrogens with one attached hydrogen (secondary N) is 1. The number of rotatable bonds is 4. The summed E-state index contributed by atoms with van der Waals surface area (Å²) < 4.78 is 1.80. The highest BCUT2D eigenvalue weighted by Gasteiger charge is 2.03. The van der Waals surface area contributed by atoms with Crippen molar-refractivity contribution in [2.75, 3.05) is 23.9 Å². The van der Waals surface area contributed by atoms with Crippen molar-refractivity contribution < 1.29 is 0 Å². The second kappa shape index (κ2) is 4.53. The van der Waals surface area contributed by atoms with Gasteiger partial charge < -0.3 is 5.32 Å². The van der Waals surface area contributed by atoms with Gasteiger partial charge in [-0.1, -0.05) is 6.07 Å². The third kappa shape index (κ3) is 2.23. The lowest BCUT2D eigenvalue weighted by Gasteiger charge is -1.97. The Hall–Kier alpha value is -1.23. The Kier molecular flexibility index (Phi) is 3.11. The second-order valence-electron chi connectivity index (χ2n) is 3.31. The van der Waals surface area contributed by atoms with Crippen molar-refractivity contribution in [2.45, 2.75) is 6.92 Å². The number of hydrogen-bond donors (Lipinski definition) is 1. The van der Waals surface area contributed by atoms with E-state index < -0.39 is 0 Å². The first-order chi connectivity index (χ1) is 7.31. The fourth-order valence-electron chi connectivity index (χ4n) is 1.38. The molecule has 2 aromatic heterocycles. The molecule has 4 nitrogen and oxygen atoms in total. The van der Waals surface area contributed by atoms with E-state index in [4.69, 9.17) is 0 Å². The van der Waals surface area contributed by atoms with Gasteiger partial charge in [-0.2, -0.15) is 16.7 Å². The number of hydrogen-bond acceptors (Lipinski definition) is 4. The highest BCUT2D eigenvalue weighted by molar-refractivity contribution is 7.98. The quantitative estimate of drug-likeness (QED) is 0.801. The van der Waals surface area contributed by atoms with Gasteiger partial charge in [0.05, 0.1) is 0 Å². The molecule has 0 saturated heterocycles. The van der Waals surface area contributed by atoms with Gasteiger partial charge in [-0.3, -0.25) is 0 Å². The van der Waals surface area contributed by atoms with Gasteiger partial charge in [0.1, 0.15) is 0 Å². The molecular formula is C10H14N4S. The van der Waals surface area contributed by atoms with Crippen molar-refractivity contribution >= 4 is 23.4 Å². The largest absolute Gasteiger partial charge is 0.352 e. The van der Waals surface area contributed by atoms with Crippen LogP contribution < -0.4 is 5.32 Å². The first-order valence-corrected chi connectivity index (χ1v) is 6.25. The fourth-order valence-corrected chi connectivity index (χ4v) is 1.69. The van der Waals surface area contributed by atoms with E-state index >= 15 is 0 Å². The van der Waals surface area contributed by atoms with Crippen LogP contribution in [0.5, 0.6) is 0 Å². The van der Waals surface area contributed by atoms with Gasteiger partial charge in [0.15, 0.2) is 5.65 Å². The van der Waals surface area contributed by atoms with Crippen molar-refractivity contribution in [1.29, 1.82) is 0 Å². The maximum Gasteiger partial charge on any atom is 0.243 e. The average Bonchev–Trinajstić information content (AvgIpc) is 2.63. The SMILES string of the molecule is CSCCNc1nc2c(C)cccn2n1. The van der Waals surface area contributed by atoms with E-state index in [2.05, 4.69) is 21.7 Å². The lowest BCUT2D eigenvalue weighted by Crippen LogP contribution is -2.05. The summed E-state index contributed by atoms with van der Waals surface area (Å²) in [6.07, 6.45) is 4.00. The smallest absolute Gasteiger partial charge is 0.243 e. The minimum absolute atomic E-state index is 0.707. The van der Waals surface area contributed by atoms with Crippen LogP contribution in [0, 0.1) is 6.92 Å². The highest BCUT2D eigenvalue weighted by Crippen LogP contribution is 2.09. The summed E-state index contributed by atoms with van der Waals surface area (Å²) in [5, 5.41) is 7.53. The van der Waals surface area contributed by atoms with Gasteiger partial charge >= 0.3 is 0 Å². The standard InChI is InChI=1S/C10H14N4S/c1-8-4-3-6-14-9(8)12-10(13-14)11-5-7-15-2/h3-4,6H,5,7H2,1-2H3,(H,11,13). The van der Waals surface area contributed by atoms with Gasteiger partial charge in [-0.25, -0.2) is 4.52 Å². The molecule has 15 heavy (non-hydrogen) atoms. The van der Waals surface area contributed by atoms with E-state index in [0.717, 1.165) is 23.5 Å². The Morgan fingerprint density at radius 1 is 1.53 bits per heavy atom. The minimum atomic E-state index is 0.707. The van der Waals surface area contributed by atoms with Crippen molar-refractivity contribution in [3.05, 3.63) is 23.9 Å². The van der Waals surface area contributed by atoms with E-state index in [1.54, 1.807) is 16.3 Å². The van der Waals surface area contributed by atoms with Crippen LogP contribution in [0.25, 0.3) is 5.65 Å². The Bertz CT molecular complexity index is 452. The molecule has 0 bridgehead atoms. The number of pyridine rings is 1. The lowest BCUT2D eigenvalue weighted by atomic mass is 10.3. The molecule has 0 aliphatic carbocycles. The van der Waals surface area contributed by atoms with E-state index in [1.165, 1.54) is 0 Å². The summed E-state index contributed by atoms with van der Waals surface area (Å²) in [4.78, 5) is 4.42. The summed E-state index contributed by atoms with van der Waals surface area (Å²) in [6.45, 7) is 2.94. The maximum atomic E-state index is 4.42. The molecule has 0 saturated carbocycles. The molecule has 0 aliphatic heterocycles. The third-order valence-corrected chi connectivity index (χ3v) is 2.76. The van der Waals surface area contributed by atoms with E-state index in [-0.39, 0.29) is 0 Å². The number of aromatic nitrogens is 3. The zero-order valence-corrected chi connectivity index (χ0v) is 9.71. The minimum Gasteiger partial charge on any atom is -0.352 e. The van der Waals surface area contributed by atoms with Gasteiger partial charge in [-0.05, 0) is 24.8 Å². The summed E-state index contributed by atoms with van der Waals surface area (Å²) in [5.74, 6) is 1.77. The number of anilines is 1. The Morgan fingerprint density at radius 3 is 3.13 bits per heavy atom. The molecule has 0 unspecified atom stereocenters. The molecule has 0 atom stereocenters. The Morgan fingerprint density at radius 2 is 2.40 bits per heavy atom. The molecule has 0 aromatic carbocycles. The van der Waals surface area contributed by atoms with Crippen LogP contribution in [0.4, 0.5) is 5.95 Å². The molecular weight excluding hydrogens is 208 g/mol. The van der Waals surface area contributed by atoms with Crippen LogP contribution in [0.1, 0.15) is 5.56 Å².